The van der Waals surface area contributed by atoms with Crippen molar-refractivity contribution in [1.82, 2.24) is 31.0 Å². The van der Waals surface area contributed by atoms with Gasteiger partial charge in [0.05, 0.1) is 5.54 Å². The van der Waals surface area contributed by atoms with E-state index in [4.69, 9.17) is 11.6 Å². The molecule has 2 heterocycles. The van der Waals surface area contributed by atoms with Crippen molar-refractivity contribution in [1.29, 1.82) is 0 Å². The Kier molecular flexibility index (Phi) is 4.98. The summed E-state index contributed by atoms with van der Waals surface area (Å²) in [6.07, 6.45) is 5.15. The molecule has 2 aromatic rings. The average Bonchev–Trinajstić information content (AvgIpc) is 3.02. The van der Waals surface area contributed by atoms with Crippen molar-refractivity contribution >= 4 is 23.4 Å². The van der Waals surface area contributed by atoms with Crippen LogP contribution < -0.4 is 10.6 Å². The molecule has 0 atom stereocenters. The zero-order valence-electron chi connectivity index (χ0n) is 13.8. The second-order valence-electron chi connectivity index (χ2n) is 6.14. The second-order valence-corrected chi connectivity index (χ2v) is 6.50. The lowest BCUT2D eigenvalue weighted by molar-refractivity contribution is 0.0783. The second kappa shape index (κ2) is 7.18. The number of aromatic amines is 1. The van der Waals surface area contributed by atoms with Gasteiger partial charge in [-0.15, -0.1) is 10.2 Å². The maximum absolute atomic E-state index is 12.4. The summed E-state index contributed by atoms with van der Waals surface area (Å²) in [7, 11) is 0. The van der Waals surface area contributed by atoms with Crippen molar-refractivity contribution in [3.8, 4) is 0 Å². The van der Waals surface area contributed by atoms with E-state index in [1.165, 1.54) is 0 Å². The lowest BCUT2D eigenvalue weighted by atomic mass is 9.76. The molecule has 1 aliphatic rings. The van der Waals surface area contributed by atoms with Crippen molar-refractivity contribution in [2.24, 2.45) is 0 Å². The first kappa shape index (κ1) is 17.3. The molecule has 8 nitrogen and oxygen atoms in total. The lowest BCUT2D eigenvalue weighted by Gasteiger charge is -2.42. The number of pyridine rings is 1. The Morgan fingerprint density at radius 1 is 1.28 bits per heavy atom. The van der Waals surface area contributed by atoms with Gasteiger partial charge >= 0.3 is 0 Å². The first-order valence-electron chi connectivity index (χ1n) is 8.15. The highest BCUT2D eigenvalue weighted by Gasteiger charge is 2.39. The Bertz CT molecular complexity index is 769. The average molecular weight is 363 g/mol. The van der Waals surface area contributed by atoms with E-state index in [0.29, 0.717) is 12.2 Å². The number of rotatable bonds is 6. The first-order valence-corrected chi connectivity index (χ1v) is 8.53. The van der Waals surface area contributed by atoms with Crippen LogP contribution in [-0.4, -0.2) is 44.3 Å². The van der Waals surface area contributed by atoms with E-state index in [1.807, 2.05) is 13.0 Å². The van der Waals surface area contributed by atoms with Crippen molar-refractivity contribution < 1.29 is 9.59 Å². The molecular formula is C16H19ClN6O2. The molecule has 3 N–H and O–H groups in total. The van der Waals surface area contributed by atoms with Gasteiger partial charge in [0.2, 0.25) is 0 Å². The summed E-state index contributed by atoms with van der Waals surface area (Å²) in [5.74, 6) is -0.666. The number of aromatic nitrogens is 4. The number of amides is 2. The van der Waals surface area contributed by atoms with Crippen LogP contribution in [0.3, 0.4) is 0 Å². The topological polar surface area (TPSA) is 113 Å². The molecule has 0 aromatic carbocycles. The molecule has 1 aliphatic carbocycles. The molecule has 1 saturated carbocycles. The Hall–Kier alpha value is -2.48. The molecule has 0 spiro atoms. The van der Waals surface area contributed by atoms with Gasteiger partial charge in [-0.05, 0) is 37.3 Å². The predicted molar refractivity (Wildman–Crippen MR) is 91.4 cm³/mol. The van der Waals surface area contributed by atoms with Crippen LogP contribution in [0, 0.1) is 0 Å². The monoisotopic (exact) mass is 362 g/mol. The fourth-order valence-electron chi connectivity index (χ4n) is 2.72. The Morgan fingerprint density at radius 3 is 2.60 bits per heavy atom. The van der Waals surface area contributed by atoms with Crippen molar-refractivity contribution in [2.75, 3.05) is 6.54 Å². The van der Waals surface area contributed by atoms with Gasteiger partial charge in [-0.1, -0.05) is 24.6 Å². The fraction of sp³-hybridized carbons (Fsp3) is 0.438. The van der Waals surface area contributed by atoms with Gasteiger partial charge in [-0.3, -0.25) is 14.6 Å². The van der Waals surface area contributed by atoms with Gasteiger partial charge in [0.25, 0.3) is 11.8 Å². The number of carbonyl (C=O) groups excluding carboxylic acids is 2. The molecule has 1 fully saturated rings. The number of hydrogen-bond donors (Lipinski definition) is 3. The summed E-state index contributed by atoms with van der Waals surface area (Å²) in [5.41, 5.74) is 1.02. The number of nitrogens with one attached hydrogen (secondary N) is 3. The fourth-order valence-corrected chi connectivity index (χ4v) is 2.88. The maximum atomic E-state index is 12.4. The Balaban J connectivity index is 1.61. The van der Waals surface area contributed by atoms with Gasteiger partial charge in [-0.2, -0.15) is 5.21 Å². The molecule has 2 amide bonds. The minimum atomic E-state index is -0.464. The van der Waals surface area contributed by atoms with Crippen LogP contribution in [0.5, 0.6) is 0 Å². The number of carbonyl (C=O) groups is 2. The molecule has 9 heteroatoms. The summed E-state index contributed by atoms with van der Waals surface area (Å²) in [5, 5.41) is 15.4. The zero-order chi connectivity index (χ0) is 17.9. The Labute approximate surface area is 149 Å². The van der Waals surface area contributed by atoms with Gasteiger partial charge in [0, 0.05) is 12.7 Å². The van der Waals surface area contributed by atoms with E-state index < -0.39 is 11.4 Å². The van der Waals surface area contributed by atoms with Crippen molar-refractivity contribution in [3.05, 3.63) is 40.4 Å². The van der Waals surface area contributed by atoms with E-state index in [2.05, 4.69) is 31.0 Å². The van der Waals surface area contributed by atoms with E-state index in [0.717, 1.165) is 31.2 Å². The van der Waals surface area contributed by atoms with E-state index >= 15 is 0 Å². The van der Waals surface area contributed by atoms with Crippen LogP contribution >= 0.6 is 11.6 Å². The van der Waals surface area contributed by atoms with E-state index in [9.17, 15) is 9.59 Å². The molecule has 0 unspecified atom stereocenters. The highest BCUT2D eigenvalue weighted by molar-refractivity contribution is 6.32. The third-order valence-corrected chi connectivity index (χ3v) is 4.73. The zero-order valence-corrected chi connectivity index (χ0v) is 14.6. The molecule has 0 saturated heterocycles. The molecule has 3 rings (SSSR count). The third-order valence-electron chi connectivity index (χ3n) is 4.46. The molecule has 2 aromatic heterocycles. The van der Waals surface area contributed by atoms with Gasteiger partial charge < -0.3 is 10.6 Å². The minimum absolute atomic E-state index is 0.0180. The summed E-state index contributed by atoms with van der Waals surface area (Å²) in [4.78, 5) is 28.7. The third kappa shape index (κ3) is 3.79. The number of aryl methyl sites for hydroxylation is 1. The number of H-pyrrole nitrogens is 1. The van der Waals surface area contributed by atoms with Crippen LogP contribution in [0.25, 0.3) is 0 Å². The summed E-state index contributed by atoms with van der Waals surface area (Å²) >= 11 is 5.78. The largest absolute Gasteiger partial charge is 0.348 e. The molecule has 0 radical (unpaired) electrons. The van der Waals surface area contributed by atoms with Crippen LogP contribution in [-0.2, 0) is 6.42 Å². The van der Waals surface area contributed by atoms with Crippen molar-refractivity contribution in [3.63, 3.8) is 0 Å². The van der Waals surface area contributed by atoms with E-state index in [1.54, 1.807) is 12.3 Å². The molecule has 0 bridgehead atoms. The number of nitrogens with zero attached hydrogens (tertiary/aromatic N) is 3. The predicted octanol–water partition coefficient (Wildman–Crippen LogP) is 1.50. The smallest absolute Gasteiger partial charge is 0.275 e. The van der Waals surface area contributed by atoms with Gasteiger partial charge in [0.1, 0.15) is 5.69 Å². The van der Waals surface area contributed by atoms with Crippen LogP contribution in [0.15, 0.2) is 18.3 Å². The lowest BCUT2D eigenvalue weighted by Crippen LogP contribution is -2.60. The summed E-state index contributed by atoms with van der Waals surface area (Å²) in [6, 6.07) is 3.61. The summed E-state index contributed by atoms with van der Waals surface area (Å²) < 4.78 is 0. The highest BCUT2D eigenvalue weighted by atomic mass is 35.5. The number of halogens is 1. The SMILES string of the molecule is CCc1ccc(C(=O)NC2(CNC(=O)c3n[nH]nc3Cl)CCC2)nc1. The maximum Gasteiger partial charge on any atom is 0.275 e. The van der Waals surface area contributed by atoms with Crippen LogP contribution in [0.1, 0.15) is 52.7 Å². The van der Waals surface area contributed by atoms with Crippen LogP contribution in [0.4, 0.5) is 0 Å². The van der Waals surface area contributed by atoms with E-state index in [-0.39, 0.29) is 16.8 Å². The van der Waals surface area contributed by atoms with Gasteiger partial charge in [0.15, 0.2) is 10.8 Å². The minimum Gasteiger partial charge on any atom is -0.348 e. The molecule has 25 heavy (non-hydrogen) atoms. The molecular weight excluding hydrogens is 344 g/mol. The first-order chi connectivity index (χ1) is 12.0. The highest BCUT2D eigenvalue weighted by Crippen LogP contribution is 2.31. The number of hydrogen-bond acceptors (Lipinski definition) is 5. The summed E-state index contributed by atoms with van der Waals surface area (Å²) in [6.45, 7) is 2.33. The molecule has 0 aliphatic heterocycles. The van der Waals surface area contributed by atoms with Gasteiger partial charge in [-0.25, -0.2) is 0 Å². The quantitative estimate of drug-likeness (QED) is 0.720. The standard InChI is InChI=1S/C16H19ClN6O2/c1-2-10-4-5-11(18-8-10)14(24)20-16(6-3-7-16)9-19-15(25)12-13(17)22-23-21-12/h4-5,8H,2-3,6-7,9H2,1H3,(H,19,25)(H,20,24)(H,21,22,23). The van der Waals surface area contributed by atoms with Crippen molar-refractivity contribution in [2.45, 2.75) is 38.1 Å². The normalized spacial score (nSPS) is 15.3. The van der Waals surface area contributed by atoms with Crippen LogP contribution in [0.2, 0.25) is 5.15 Å². The molecule has 132 valence electrons. The Morgan fingerprint density at radius 2 is 2.08 bits per heavy atom.